The maximum atomic E-state index is 13.6. The number of hydrogen-bond donors (Lipinski definition) is 2. The molecule has 4 aromatic rings. The standard InChI is InChI=1S/C33H34N4O6S/c1-20-35-27-9-8-22(16-30(27)44-20)33(40)37-12-10-29-28(18-37)36-31(38)7-4-11-34-32(39)23-14-25(41-2)17-26(15-23)43-24-6-3-5-21(13-24)19-42-29/h3,5-6,8-9,13-17,28-29H,4,7,10-12,18-19H2,1-2H3,(H,34,39)(H,36,38)/t28-,29-/m0/s1. The van der Waals surface area contributed by atoms with Crippen LogP contribution < -0.4 is 20.1 Å². The second-order valence-corrected chi connectivity index (χ2v) is 12.2. The van der Waals surface area contributed by atoms with Gasteiger partial charge in [0.25, 0.3) is 11.8 Å². The topological polar surface area (TPSA) is 119 Å². The third kappa shape index (κ3) is 6.84. The number of methoxy groups -OCH3 is 1. The molecule has 228 valence electrons. The van der Waals surface area contributed by atoms with Gasteiger partial charge in [-0.2, -0.15) is 0 Å². The van der Waals surface area contributed by atoms with Crippen LogP contribution in [0.5, 0.6) is 17.2 Å². The molecule has 11 heteroatoms. The number of hydrogen-bond acceptors (Lipinski definition) is 8. The Kier molecular flexibility index (Phi) is 8.76. The van der Waals surface area contributed by atoms with Gasteiger partial charge in [0.05, 0.1) is 41.1 Å². The van der Waals surface area contributed by atoms with Crippen molar-refractivity contribution in [2.24, 2.45) is 0 Å². The SMILES string of the molecule is COc1cc2cc(c1)C(=O)NCCCC(=O)N[C@H]1CN(C(=O)c3ccc4nc(C)sc4c3)CC[C@@H]1OCc1cccc(c1)O2. The van der Waals surface area contributed by atoms with Crippen LogP contribution in [0.3, 0.4) is 0 Å². The third-order valence-electron chi connectivity index (χ3n) is 7.77. The number of carbonyl (C=O) groups excluding carboxylic acids is 3. The van der Waals surface area contributed by atoms with E-state index in [1.807, 2.05) is 49.4 Å². The first-order valence-electron chi connectivity index (χ1n) is 14.7. The van der Waals surface area contributed by atoms with Gasteiger partial charge in [-0.3, -0.25) is 14.4 Å². The number of likely N-dealkylation sites (tertiary alicyclic amines) is 1. The second kappa shape index (κ2) is 13.0. The minimum absolute atomic E-state index is 0.0856. The summed E-state index contributed by atoms with van der Waals surface area (Å²) in [7, 11) is 1.53. The van der Waals surface area contributed by atoms with Gasteiger partial charge >= 0.3 is 0 Å². The highest BCUT2D eigenvalue weighted by molar-refractivity contribution is 7.18. The van der Waals surface area contributed by atoms with Crippen molar-refractivity contribution in [3.63, 3.8) is 0 Å². The number of amides is 3. The molecule has 2 atom stereocenters. The zero-order valence-electron chi connectivity index (χ0n) is 24.6. The Balaban J connectivity index is 1.21. The molecule has 3 amide bonds. The minimum atomic E-state index is -0.394. The Morgan fingerprint density at radius 1 is 1.09 bits per heavy atom. The summed E-state index contributed by atoms with van der Waals surface area (Å²) in [6.07, 6.45) is 0.939. The Morgan fingerprint density at radius 2 is 1.98 bits per heavy atom. The summed E-state index contributed by atoms with van der Waals surface area (Å²) in [5.41, 5.74) is 2.76. The predicted molar refractivity (Wildman–Crippen MR) is 166 cm³/mol. The number of nitrogens with one attached hydrogen (secondary N) is 2. The fraction of sp³-hybridized carbons (Fsp3) is 0.333. The zero-order valence-corrected chi connectivity index (χ0v) is 25.4. The summed E-state index contributed by atoms with van der Waals surface area (Å²) in [6, 6.07) is 17.7. The third-order valence-corrected chi connectivity index (χ3v) is 8.70. The van der Waals surface area contributed by atoms with Gasteiger partial charge in [0, 0.05) is 43.2 Å². The zero-order chi connectivity index (χ0) is 30.6. The van der Waals surface area contributed by atoms with E-state index in [9.17, 15) is 14.4 Å². The van der Waals surface area contributed by atoms with Crippen LogP contribution in [0.1, 0.15) is 50.5 Å². The molecule has 0 unspecified atom stereocenters. The van der Waals surface area contributed by atoms with E-state index in [-0.39, 0.29) is 30.2 Å². The highest BCUT2D eigenvalue weighted by atomic mass is 32.1. The molecule has 1 aromatic heterocycles. The highest BCUT2D eigenvalue weighted by Gasteiger charge is 2.34. The van der Waals surface area contributed by atoms with E-state index in [0.29, 0.717) is 67.5 Å². The van der Waals surface area contributed by atoms with E-state index in [4.69, 9.17) is 14.2 Å². The van der Waals surface area contributed by atoms with E-state index in [1.165, 1.54) is 7.11 Å². The van der Waals surface area contributed by atoms with E-state index < -0.39 is 6.04 Å². The normalized spacial score (nSPS) is 19.5. The summed E-state index contributed by atoms with van der Waals surface area (Å²) in [5.74, 6) is 1.02. The lowest BCUT2D eigenvalue weighted by molar-refractivity contribution is -0.124. The highest BCUT2D eigenvalue weighted by Crippen LogP contribution is 2.29. The Morgan fingerprint density at radius 3 is 2.84 bits per heavy atom. The molecule has 4 bridgehead atoms. The Bertz CT molecular complexity index is 1700. The largest absolute Gasteiger partial charge is 0.497 e. The lowest BCUT2D eigenvalue weighted by atomic mass is 10.00. The lowest BCUT2D eigenvalue weighted by Gasteiger charge is -2.39. The molecule has 6 rings (SSSR count). The molecule has 2 N–H and O–H groups in total. The number of nitrogens with zero attached hydrogens (tertiary/aromatic N) is 2. The van der Waals surface area contributed by atoms with Crippen molar-refractivity contribution in [2.75, 3.05) is 26.7 Å². The number of thiazole rings is 1. The summed E-state index contributed by atoms with van der Waals surface area (Å²) in [6.45, 7) is 3.39. The molecule has 2 aliphatic heterocycles. The van der Waals surface area contributed by atoms with Crippen molar-refractivity contribution >= 4 is 39.3 Å². The van der Waals surface area contributed by atoms with Crippen molar-refractivity contribution in [2.45, 2.75) is 44.9 Å². The maximum Gasteiger partial charge on any atom is 0.253 e. The van der Waals surface area contributed by atoms with Crippen molar-refractivity contribution < 1.29 is 28.6 Å². The molecule has 1 fully saturated rings. The van der Waals surface area contributed by atoms with Gasteiger partial charge in [-0.05, 0) is 67.8 Å². The fourth-order valence-corrected chi connectivity index (χ4v) is 6.42. The number of carbonyl (C=O) groups is 3. The smallest absolute Gasteiger partial charge is 0.253 e. The molecule has 0 aliphatic carbocycles. The van der Waals surface area contributed by atoms with Gasteiger partial charge in [-0.1, -0.05) is 12.1 Å². The molecule has 44 heavy (non-hydrogen) atoms. The number of aryl methyl sites for hydroxylation is 1. The number of piperidine rings is 1. The van der Waals surface area contributed by atoms with E-state index in [0.717, 1.165) is 20.8 Å². The Hall–Kier alpha value is -4.48. The lowest BCUT2D eigenvalue weighted by Crippen LogP contribution is -2.57. The van der Waals surface area contributed by atoms with E-state index >= 15 is 0 Å². The van der Waals surface area contributed by atoms with Crippen molar-refractivity contribution in [1.82, 2.24) is 20.5 Å². The van der Waals surface area contributed by atoms with Gasteiger partial charge in [-0.15, -0.1) is 11.3 Å². The van der Waals surface area contributed by atoms with Crippen LogP contribution in [-0.4, -0.2) is 66.5 Å². The van der Waals surface area contributed by atoms with E-state index in [1.54, 1.807) is 34.4 Å². The molecule has 3 aromatic carbocycles. The van der Waals surface area contributed by atoms with Crippen LogP contribution in [0, 0.1) is 6.92 Å². The molecule has 1 saturated heterocycles. The fourth-order valence-electron chi connectivity index (χ4n) is 5.56. The van der Waals surface area contributed by atoms with Crippen LogP contribution in [0.4, 0.5) is 0 Å². The van der Waals surface area contributed by atoms with Crippen LogP contribution in [0.25, 0.3) is 10.2 Å². The van der Waals surface area contributed by atoms with Gasteiger partial charge in [-0.25, -0.2) is 4.98 Å². The Labute approximate surface area is 259 Å². The number of benzene rings is 3. The van der Waals surface area contributed by atoms with Gasteiger partial charge in [0.1, 0.15) is 17.2 Å². The predicted octanol–water partition coefficient (Wildman–Crippen LogP) is 4.85. The quantitative estimate of drug-likeness (QED) is 0.332. The number of aromatic nitrogens is 1. The van der Waals surface area contributed by atoms with Crippen molar-refractivity contribution in [3.05, 3.63) is 82.4 Å². The van der Waals surface area contributed by atoms with Gasteiger partial charge in [0.2, 0.25) is 5.91 Å². The molecule has 10 nitrogen and oxygen atoms in total. The summed E-state index contributed by atoms with van der Waals surface area (Å²) in [5, 5.41) is 6.94. The van der Waals surface area contributed by atoms with Gasteiger partial charge < -0.3 is 29.7 Å². The molecule has 0 radical (unpaired) electrons. The average molecular weight is 615 g/mol. The van der Waals surface area contributed by atoms with Crippen LogP contribution in [-0.2, 0) is 16.1 Å². The van der Waals surface area contributed by atoms with E-state index in [2.05, 4.69) is 15.6 Å². The summed E-state index contributed by atoms with van der Waals surface area (Å²) < 4.78 is 18.8. The average Bonchev–Trinajstić information content (AvgIpc) is 3.41. The number of rotatable bonds is 2. The summed E-state index contributed by atoms with van der Waals surface area (Å²) in [4.78, 5) is 45.8. The van der Waals surface area contributed by atoms with Crippen LogP contribution in [0.2, 0.25) is 0 Å². The van der Waals surface area contributed by atoms with Crippen molar-refractivity contribution in [3.8, 4) is 17.2 Å². The number of ether oxygens (including phenoxy) is 3. The van der Waals surface area contributed by atoms with Crippen molar-refractivity contribution in [1.29, 1.82) is 0 Å². The molecule has 0 spiro atoms. The molecule has 0 saturated carbocycles. The minimum Gasteiger partial charge on any atom is -0.497 e. The summed E-state index contributed by atoms with van der Waals surface area (Å²) >= 11 is 1.56. The van der Waals surface area contributed by atoms with Crippen LogP contribution in [0.15, 0.2) is 60.7 Å². The monoisotopic (exact) mass is 614 g/mol. The molecule has 3 heterocycles. The maximum absolute atomic E-state index is 13.6. The first kappa shape index (κ1) is 29.6. The second-order valence-electron chi connectivity index (χ2n) is 11.0. The molecular formula is C33H34N4O6S. The molecule has 2 aliphatic rings. The first-order valence-corrected chi connectivity index (χ1v) is 15.5. The van der Waals surface area contributed by atoms with Gasteiger partial charge in [0.15, 0.2) is 0 Å². The number of fused-ring (bicyclic) bond motifs is 6. The molecular weight excluding hydrogens is 580 g/mol. The van der Waals surface area contributed by atoms with Crippen LogP contribution >= 0.6 is 11.3 Å². The first-order chi connectivity index (χ1) is 21.3.